The number of nitrogens with zero attached hydrogens (tertiary/aromatic N) is 1. The topological polar surface area (TPSA) is 92.5 Å². The molecule has 3 amide bonds. The zero-order chi connectivity index (χ0) is 15.2. The molecule has 1 aromatic rings. The van der Waals surface area contributed by atoms with Crippen LogP contribution in [0.2, 0.25) is 0 Å². The molecule has 110 valence electrons. The third-order valence-corrected chi connectivity index (χ3v) is 4.39. The lowest BCUT2D eigenvalue weighted by Gasteiger charge is -2.39. The highest BCUT2D eigenvalue weighted by Crippen LogP contribution is 2.34. The Bertz CT molecular complexity index is 656. The molecule has 0 spiro atoms. The summed E-state index contributed by atoms with van der Waals surface area (Å²) in [7, 11) is 0. The van der Waals surface area contributed by atoms with Crippen molar-refractivity contribution in [1.82, 2.24) is 10.2 Å². The summed E-state index contributed by atoms with van der Waals surface area (Å²) in [5.74, 6) is -0.855. The minimum absolute atomic E-state index is 0.166. The third kappa shape index (κ3) is 2.03. The van der Waals surface area contributed by atoms with Crippen LogP contribution in [0.15, 0.2) is 18.2 Å². The number of hydrogen-bond donors (Lipinski definition) is 2. The Kier molecular flexibility index (Phi) is 3.06. The number of carbonyl (C=O) groups excluding carboxylic acids is 3. The first-order chi connectivity index (χ1) is 9.95. The summed E-state index contributed by atoms with van der Waals surface area (Å²) >= 11 is 0. The maximum Gasteiger partial charge on any atom is 0.255 e. The highest BCUT2D eigenvalue weighted by molar-refractivity contribution is 6.07. The Balaban J connectivity index is 1.93. The van der Waals surface area contributed by atoms with Gasteiger partial charge >= 0.3 is 0 Å². The van der Waals surface area contributed by atoms with E-state index in [0.717, 1.165) is 11.1 Å². The highest BCUT2D eigenvalue weighted by atomic mass is 16.2. The molecule has 6 nitrogen and oxygen atoms in total. The standard InChI is InChI=1S/C15H17N3O3/c1-15(5-4-12(19)17-14(15)21)18-8-10-6-9(7-16)2-3-11(10)13(18)20/h2-3,6H,4-5,7-8,16H2,1H3,(H,17,19,21)/t15-/m0/s1. The summed E-state index contributed by atoms with van der Waals surface area (Å²) in [6.07, 6.45) is 0.595. The van der Waals surface area contributed by atoms with Gasteiger partial charge in [0.05, 0.1) is 0 Å². The van der Waals surface area contributed by atoms with Crippen molar-refractivity contribution >= 4 is 17.7 Å². The van der Waals surface area contributed by atoms with Crippen molar-refractivity contribution in [2.45, 2.75) is 38.4 Å². The van der Waals surface area contributed by atoms with Crippen LogP contribution < -0.4 is 11.1 Å². The summed E-state index contributed by atoms with van der Waals surface area (Å²) in [5.41, 5.74) is 7.09. The Hall–Kier alpha value is -2.21. The van der Waals surface area contributed by atoms with Gasteiger partial charge in [0.15, 0.2) is 0 Å². The van der Waals surface area contributed by atoms with Crippen molar-refractivity contribution in [3.63, 3.8) is 0 Å². The molecule has 2 aliphatic rings. The molecule has 6 heteroatoms. The molecule has 0 saturated carbocycles. The van der Waals surface area contributed by atoms with E-state index in [1.165, 1.54) is 0 Å². The molecule has 1 atom stereocenters. The van der Waals surface area contributed by atoms with Crippen LogP contribution >= 0.6 is 0 Å². The van der Waals surface area contributed by atoms with Gasteiger partial charge in [-0.1, -0.05) is 12.1 Å². The van der Waals surface area contributed by atoms with Gasteiger partial charge in [0.25, 0.3) is 11.8 Å². The number of benzene rings is 1. The molecule has 3 N–H and O–H groups in total. The molecule has 1 fully saturated rings. The van der Waals surface area contributed by atoms with E-state index in [-0.39, 0.29) is 18.2 Å². The Morgan fingerprint density at radius 1 is 1.33 bits per heavy atom. The van der Waals surface area contributed by atoms with Gasteiger partial charge in [-0.2, -0.15) is 0 Å². The molecule has 0 aliphatic carbocycles. The largest absolute Gasteiger partial charge is 0.326 e. The Morgan fingerprint density at radius 3 is 2.76 bits per heavy atom. The fraction of sp³-hybridized carbons (Fsp3) is 0.400. The lowest BCUT2D eigenvalue weighted by Crippen LogP contribution is -2.61. The molecule has 21 heavy (non-hydrogen) atoms. The van der Waals surface area contributed by atoms with Gasteiger partial charge in [0, 0.05) is 25.1 Å². The van der Waals surface area contributed by atoms with E-state index in [2.05, 4.69) is 5.32 Å². The first-order valence-electron chi connectivity index (χ1n) is 6.94. The number of carbonyl (C=O) groups is 3. The van der Waals surface area contributed by atoms with Crippen molar-refractivity contribution in [3.8, 4) is 0 Å². The Morgan fingerprint density at radius 2 is 2.10 bits per heavy atom. The fourth-order valence-electron chi connectivity index (χ4n) is 2.95. The summed E-state index contributed by atoms with van der Waals surface area (Å²) in [6, 6.07) is 5.49. The third-order valence-electron chi connectivity index (χ3n) is 4.39. The van der Waals surface area contributed by atoms with E-state index < -0.39 is 11.4 Å². The molecular formula is C15H17N3O3. The van der Waals surface area contributed by atoms with E-state index in [0.29, 0.717) is 25.1 Å². The van der Waals surface area contributed by atoms with Crippen LogP contribution in [0.3, 0.4) is 0 Å². The van der Waals surface area contributed by atoms with Crippen molar-refractivity contribution in [3.05, 3.63) is 34.9 Å². The number of nitrogens with one attached hydrogen (secondary N) is 1. The maximum atomic E-state index is 12.6. The van der Waals surface area contributed by atoms with Crippen LogP contribution in [0.4, 0.5) is 0 Å². The van der Waals surface area contributed by atoms with Gasteiger partial charge in [0.1, 0.15) is 5.54 Å². The zero-order valence-corrected chi connectivity index (χ0v) is 11.8. The average Bonchev–Trinajstić information content (AvgIpc) is 2.80. The van der Waals surface area contributed by atoms with Gasteiger partial charge < -0.3 is 10.6 Å². The maximum absolute atomic E-state index is 12.6. The molecule has 0 aromatic heterocycles. The lowest BCUT2D eigenvalue weighted by atomic mass is 9.89. The van der Waals surface area contributed by atoms with E-state index in [9.17, 15) is 14.4 Å². The summed E-state index contributed by atoms with van der Waals surface area (Å²) in [6.45, 7) is 2.50. The van der Waals surface area contributed by atoms with Crippen molar-refractivity contribution in [1.29, 1.82) is 0 Å². The number of rotatable bonds is 2. The summed E-state index contributed by atoms with van der Waals surface area (Å²) in [5, 5.41) is 2.32. The second-order valence-corrected chi connectivity index (χ2v) is 5.74. The van der Waals surface area contributed by atoms with Gasteiger partial charge in [-0.15, -0.1) is 0 Å². The van der Waals surface area contributed by atoms with Gasteiger partial charge in [-0.05, 0) is 30.5 Å². The molecule has 1 saturated heterocycles. The molecule has 0 bridgehead atoms. The van der Waals surface area contributed by atoms with E-state index in [1.807, 2.05) is 12.1 Å². The van der Waals surface area contributed by atoms with Gasteiger partial charge in [-0.25, -0.2) is 0 Å². The lowest BCUT2D eigenvalue weighted by molar-refractivity contribution is -0.142. The molecular weight excluding hydrogens is 270 g/mol. The number of imide groups is 1. The minimum atomic E-state index is -0.979. The molecule has 1 aromatic carbocycles. The van der Waals surface area contributed by atoms with Crippen molar-refractivity contribution < 1.29 is 14.4 Å². The van der Waals surface area contributed by atoms with E-state index in [4.69, 9.17) is 5.73 Å². The smallest absolute Gasteiger partial charge is 0.255 e. The fourth-order valence-corrected chi connectivity index (χ4v) is 2.95. The molecule has 2 heterocycles. The normalized spacial score (nSPS) is 25.0. The zero-order valence-electron chi connectivity index (χ0n) is 11.8. The Labute approximate surface area is 122 Å². The van der Waals surface area contributed by atoms with Crippen LogP contribution in [0.5, 0.6) is 0 Å². The average molecular weight is 287 g/mol. The van der Waals surface area contributed by atoms with Crippen LogP contribution in [0.25, 0.3) is 0 Å². The molecule has 3 rings (SSSR count). The number of amides is 3. The predicted molar refractivity (Wildman–Crippen MR) is 75.0 cm³/mol. The molecule has 2 aliphatic heterocycles. The quantitative estimate of drug-likeness (QED) is 0.765. The monoisotopic (exact) mass is 287 g/mol. The number of fused-ring (bicyclic) bond motifs is 1. The van der Waals surface area contributed by atoms with Crippen molar-refractivity contribution in [2.24, 2.45) is 5.73 Å². The van der Waals surface area contributed by atoms with Crippen molar-refractivity contribution in [2.75, 3.05) is 0 Å². The second kappa shape index (κ2) is 4.66. The second-order valence-electron chi connectivity index (χ2n) is 5.74. The SMILES string of the molecule is C[C@]1(N2Cc3cc(CN)ccc3C2=O)CCC(=O)NC1=O. The highest BCUT2D eigenvalue weighted by Gasteiger charge is 2.48. The predicted octanol–water partition coefficient (Wildman–Crippen LogP) is 0.296. The summed E-state index contributed by atoms with van der Waals surface area (Å²) < 4.78 is 0. The molecule has 0 unspecified atom stereocenters. The van der Waals surface area contributed by atoms with E-state index >= 15 is 0 Å². The van der Waals surface area contributed by atoms with E-state index in [1.54, 1.807) is 17.9 Å². The number of piperidine rings is 1. The molecule has 0 radical (unpaired) electrons. The van der Waals surface area contributed by atoms with Crippen LogP contribution in [0, 0.1) is 0 Å². The first-order valence-corrected chi connectivity index (χ1v) is 6.94. The van der Waals surface area contributed by atoms with Crippen LogP contribution in [-0.2, 0) is 22.7 Å². The summed E-state index contributed by atoms with van der Waals surface area (Å²) in [4.78, 5) is 37.6. The van der Waals surface area contributed by atoms with Crippen LogP contribution in [-0.4, -0.2) is 28.2 Å². The number of hydrogen-bond acceptors (Lipinski definition) is 4. The first kappa shape index (κ1) is 13.8. The van der Waals surface area contributed by atoms with Gasteiger partial charge in [0.2, 0.25) is 5.91 Å². The minimum Gasteiger partial charge on any atom is -0.326 e. The number of nitrogens with two attached hydrogens (primary N) is 1. The van der Waals surface area contributed by atoms with Crippen LogP contribution in [0.1, 0.15) is 41.3 Å². The van der Waals surface area contributed by atoms with Gasteiger partial charge in [-0.3, -0.25) is 19.7 Å².